The normalized spacial score (nSPS) is 36.1. The van der Waals surface area contributed by atoms with Crippen LogP contribution in [-0.2, 0) is 11.8 Å². The highest BCUT2D eigenvalue weighted by Gasteiger charge is 2.73. The zero-order valence-corrected chi connectivity index (χ0v) is 22.3. The van der Waals surface area contributed by atoms with Crippen molar-refractivity contribution in [1.82, 2.24) is 14.8 Å². The van der Waals surface area contributed by atoms with Crippen molar-refractivity contribution in [3.8, 4) is 5.75 Å². The largest absolute Gasteiger partial charge is 0.508 e. The van der Waals surface area contributed by atoms with Gasteiger partial charge in [-0.1, -0.05) is 13.0 Å². The van der Waals surface area contributed by atoms with Crippen LogP contribution in [0.4, 0.5) is 0 Å². The Morgan fingerprint density at radius 3 is 2.76 bits per heavy atom. The number of fused-ring (bicyclic) bond motifs is 1. The van der Waals surface area contributed by atoms with Gasteiger partial charge in [0.25, 0.3) is 11.5 Å². The van der Waals surface area contributed by atoms with E-state index in [4.69, 9.17) is 0 Å². The number of aryl methyl sites for hydroxylation is 1. The molecule has 4 fully saturated rings. The maximum atomic E-state index is 13.7. The molecule has 1 amide bonds. The molecule has 6 nitrogen and oxygen atoms in total. The summed E-state index contributed by atoms with van der Waals surface area (Å²) in [7, 11) is 1.91. The van der Waals surface area contributed by atoms with Gasteiger partial charge >= 0.3 is 0 Å². The number of likely N-dealkylation sites (tertiary alicyclic amines) is 1. The lowest BCUT2D eigenvalue weighted by atomic mass is 9.43. The van der Waals surface area contributed by atoms with Crippen molar-refractivity contribution in [2.45, 2.75) is 76.3 Å². The van der Waals surface area contributed by atoms with Crippen LogP contribution in [0, 0.1) is 30.1 Å². The zero-order chi connectivity index (χ0) is 25.7. The standard InChI is InChI=1S/C31H39N3O3/c1-18-16-30-11-10-25(33(3)29(37)23-9-4-19(2)32-28(23)36)27(18)31(30)12-13-34(17-20-5-6-20)26(30)14-21-7-8-22(35)15-24(21)31/h4,7-9,15,18,20,25-27,35H,5-6,10-14,16-17H2,1-3H3,(H,32,36)/t18-,25?,26?,27?,30?,31?/m0/s1. The number of aromatic nitrogens is 1. The number of H-pyrrole nitrogens is 1. The molecular formula is C31H39N3O3. The van der Waals surface area contributed by atoms with Crippen LogP contribution < -0.4 is 5.56 Å². The molecule has 1 aliphatic heterocycles. The van der Waals surface area contributed by atoms with E-state index in [0.29, 0.717) is 23.6 Å². The highest BCUT2D eigenvalue weighted by molar-refractivity contribution is 5.94. The molecule has 6 atom stereocenters. The molecule has 0 radical (unpaired) electrons. The number of phenols is 1. The number of aromatic hydroxyl groups is 1. The smallest absolute Gasteiger partial charge is 0.260 e. The van der Waals surface area contributed by atoms with Gasteiger partial charge in [-0.2, -0.15) is 0 Å². The molecule has 4 aliphatic carbocycles. The van der Waals surface area contributed by atoms with Gasteiger partial charge in [0.2, 0.25) is 0 Å². The van der Waals surface area contributed by atoms with Crippen molar-refractivity contribution in [3.63, 3.8) is 0 Å². The predicted octanol–water partition coefficient (Wildman–Crippen LogP) is 4.24. The SMILES string of the molecule is Cc1ccc(C(=O)N(C)C2CCC34C[C@H](C)C2C32CCN(CC3CC3)C4Cc3ccc(O)cc32)c(=O)[nH]1. The second-order valence-electron chi connectivity index (χ2n) is 13.0. The Hall–Kier alpha value is -2.60. The summed E-state index contributed by atoms with van der Waals surface area (Å²) in [5.74, 6) is 1.82. The fourth-order valence-electron chi connectivity index (χ4n) is 9.80. The number of carbonyl (C=O) groups excluding carboxylic acids is 1. The van der Waals surface area contributed by atoms with Crippen molar-refractivity contribution in [1.29, 1.82) is 0 Å². The van der Waals surface area contributed by atoms with Crippen LogP contribution in [0.5, 0.6) is 5.75 Å². The molecule has 6 heteroatoms. The number of hydrogen-bond acceptors (Lipinski definition) is 4. The van der Waals surface area contributed by atoms with Crippen molar-refractivity contribution >= 4 is 5.91 Å². The maximum Gasteiger partial charge on any atom is 0.260 e. The molecular weight excluding hydrogens is 462 g/mol. The topological polar surface area (TPSA) is 76.6 Å². The molecule has 3 saturated carbocycles. The summed E-state index contributed by atoms with van der Waals surface area (Å²) in [6.45, 7) is 6.56. The molecule has 196 valence electrons. The molecule has 0 spiro atoms. The van der Waals surface area contributed by atoms with Crippen LogP contribution in [-0.4, -0.2) is 58.0 Å². The van der Waals surface area contributed by atoms with Gasteiger partial charge in [0.1, 0.15) is 11.3 Å². The van der Waals surface area contributed by atoms with Gasteiger partial charge < -0.3 is 15.0 Å². The van der Waals surface area contributed by atoms with Gasteiger partial charge in [-0.25, -0.2) is 0 Å². The number of phenolic OH excluding ortho intramolecular Hbond substituents is 1. The number of hydrogen-bond donors (Lipinski definition) is 2. The van der Waals surface area contributed by atoms with E-state index in [1.54, 1.807) is 6.07 Å². The summed E-state index contributed by atoms with van der Waals surface area (Å²) < 4.78 is 0. The van der Waals surface area contributed by atoms with E-state index >= 15 is 0 Å². The number of carbonyl (C=O) groups is 1. The molecule has 7 rings (SSSR count). The zero-order valence-electron chi connectivity index (χ0n) is 22.3. The Balaban J connectivity index is 1.33. The molecule has 1 saturated heterocycles. The molecule has 1 aromatic heterocycles. The van der Waals surface area contributed by atoms with Crippen molar-refractivity contribution in [3.05, 3.63) is 63.1 Å². The fraction of sp³-hybridized carbons (Fsp3) is 0.613. The second kappa shape index (κ2) is 7.95. The van der Waals surface area contributed by atoms with Gasteiger partial charge in [0, 0.05) is 36.8 Å². The Labute approximate surface area is 219 Å². The Bertz CT molecular complexity index is 1330. The van der Waals surface area contributed by atoms with Crippen LogP contribution in [0.25, 0.3) is 0 Å². The Morgan fingerprint density at radius 2 is 2.00 bits per heavy atom. The van der Waals surface area contributed by atoms with Crippen molar-refractivity contribution < 1.29 is 9.90 Å². The number of benzene rings is 1. The molecule has 2 heterocycles. The number of pyridine rings is 1. The quantitative estimate of drug-likeness (QED) is 0.657. The van der Waals surface area contributed by atoms with Gasteiger partial charge in [-0.3, -0.25) is 14.5 Å². The van der Waals surface area contributed by atoms with Crippen LogP contribution in [0.15, 0.2) is 35.1 Å². The number of rotatable bonds is 4. The van der Waals surface area contributed by atoms with Crippen LogP contribution in [0.1, 0.15) is 72.6 Å². The first-order chi connectivity index (χ1) is 17.7. The van der Waals surface area contributed by atoms with E-state index in [1.165, 1.54) is 36.9 Å². The summed E-state index contributed by atoms with van der Waals surface area (Å²) >= 11 is 0. The summed E-state index contributed by atoms with van der Waals surface area (Å²) in [5.41, 5.74) is 3.57. The monoisotopic (exact) mass is 501 g/mol. The second-order valence-corrected chi connectivity index (χ2v) is 13.0. The highest BCUT2D eigenvalue weighted by Crippen LogP contribution is 2.74. The third kappa shape index (κ3) is 3.14. The van der Waals surface area contributed by atoms with E-state index in [9.17, 15) is 14.7 Å². The van der Waals surface area contributed by atoms with Crippen LogP contribution in [0.3, 0.4) is 0 Å². The number of piperidine rings is 1. The third-order valence-corrected chi connectivity index (χ3v) is 11.2. The molecule has 4 bridgehead atoms. The predicted molar refractivity (Wildman–Crippen MR) is 143 cm³/mol. The van der Waals surface area contributed by atoms with Gasteiger partial charge in [-0.15, -0.1) is 0 Å². The lowest BCUT2D eigenvalue weighted by Gasteiger charge is -2.67. The molecule has 2 N–H and O–H groups in total. The summed E-state index contributed by atoms with van der Waals surface area (Å²) in [4.78, 5) is 33.9. The molecule has 5 unspecified atom stereocenters. The molecule has 2 aromatic rings. The number of nitrogens with zero attached hydrogens (tertiary/aromatic N) is 2. The third-order valence-electron chi connectivity index (χ3n) is 11.2. The first-order valence-electron chi connectivity index (χ1n) is 14.3. The first-order valence-corrected chi connectivity index (χ1v) is 14.3. The van der Waals surface area contributed by atoms with E-state index in [2.05, 4.69) is 28.9 Å². The van der Waals surface area contributed by atoms with Gasteiger partial charge in [-0.05, 0) is 117 Å². The minimum absolute atomic E-state index is 0.0411. The number of nitrogens with one attached hydrogen (secondary N) is 1. The molecule has 1 aromatic carbocycles. The highest BCUT2D eigenvalue weighted by atomic mass is 16.3. The first kappa shape index (κ1) is 23.5. The molecule has 37 heavy (non-hydrogen) atoms. The van der Waals surface area contributed by atoms with Gasteiger partial charge in [0.15, 0.2) is 0 Å². The minimum Gasteiger partial charge on any atom is -0.508 e. The molecule has 5 aliphatic rings. The summed E-state index contributed by atoms with van der Waals surface area (Å²) in [6, 6.07) is 10.2. The number of amides is 1. The Morgan fingerprint density at radius 1 is 1.19 bits per heavy atom. The average Bonchev–Trinajstić information content (AvgIpc) is 3.66. The average molecular weight is 502 g/mol. The van der Waals surface area contributed by atoms with Crippen LogP contribution in [0.2, 0.25) is 0 Å². The maximum absolute atomic E-state index is 13.7. The minimum atomic E-state index is -0.305. The Kier molecular flexibility index (Phi) is 5.05. The van der Waals surface area contributed by atoms with Crippen molar-refractivity contribution in [2.75, 3.05) is 20.1 Å². The van der Waals surface area contributed by atoms with E-state index < -0.39 is 0 Å². The van der Waals surface area contributed by atoms with Crippen molar-refractivity contribution in [2.24, 2.45) is 23.2 Å². The van der Waals surface area contributed by atoms with Gasteiger partial charge in [0.05, 0.1) is 0 Å². The summed E-state index contributed by atoms with van der Waals surface area (Å²) in [6.07, 6.45) is 8.16. The van der Waals surface area contributed by atoms with E-state index in [0.717, 1.165) is 43.8 Å². The number of aromatic amines is 1. The summed E-state index contributed by atoms with van der Waals surface area (Å²) in [5, 5.41) is 10.7. The van der Waals surface area contributed by atoms with Crippen LogP contribution >= 0.6 is 0 Å². The fourth-order valence-corrected chi connectivity index (χ4v) is 9.80. The lowest BCUT2D eigenvalue weighted by Crippen LogP contribution is -2.70. The van der Waals surface area contributed by atoms with E-state index in [1.807, 2.05) is 31.0 Å². The van der Waals surface area contributed by atoms with E-state index in [-0.39, 0.29) is 33.9 Å². The lowest BCUT2D eigenvalue weighted by molar-refractivity contribution is -0.105.